The van der Waals surface area contributed by atoms with Crippen LogP contribution in [0.25, 0.3) is 0 Å². The molecule has 4 rings (SSSR count). The van der Waals surface area contributed by atoms with Crippen molar-refractivity contribution in [2.75, 3.05) is 6.61 Å². The van der Waals surface area contributed by atoms with Gasteiger partial charge in [0.2, 0.25) is 5.78 Å². The highest BCUT2D eigenvalue weighted by atomic mass is 16.5. The number of rotatable bonds is 3. The number of ether oxygens (including phenoxy) is 1. The highest BCUT2D eigenvalue weighted by molar-refractivity contribution is 6.01. The smallest absolute Gasteiger partial charge is 0.303 e. The molecule has 0 aliphatic heterocycles. The summed E-state index contributed by atoms with van der Waals surface area (Å²) in [5.74, 6) is -0.836. The van der Waals surface area contributed by atoms with E-state index in [1.54, 1.807) is 12.2 Å². The Morgan fingerprint density at radius 2 is 2.00 bits per heavy atom. The lowest BCUT2D eigenvalue weighted by Gasteiger charge is -2.59. The molecule has 0 aromatic rings. The van der Waals surface area contributed by atoms with Gasteiger partial charge in [0.25, 0.3) is 0 Å². The number of carbonyl (C=O) groups is 3. The zero-order chi connectivity index (χ0) is 21.2. The number of hydrogen-bond donors (Lipinski definition) is 2. The van der Waals surface area contributed by atoms with E-state index in [0.717, 1.165) is 18.4 Å². The van der Waals surface area contributed by atoms with Crippen LogP contribution in [0.15, 0.2) is 23.8 Å². The molecular weight excluding hydrogens is 372 g/mol. The van der Waals surface area contributed by atoms with Crippen molar-refractivity contribution in [2.45, 2.75) is 64.6 Å². The van der Waals surface area contributed by atoms with Gasteiger partial charge < -0.3 is 14.9 Å². The molecule has 29 heavy (non-hydrogen) atoms. The van der Waals surface area contributed by atoms with Crippen molar-refractivity contribution in [3.8, 4) is 0 Å². The Bertz CT molecular complexity index is 827. The second kappa shape index (κ2) is 6.61. The third kappa shape index (κ3) is 2.79. The summed E-state index contributed by atoms with van der Waals surface area (Å²) in [6.07, 6.45) is 7.50. The van der Waals surface area contributed by atoms with Gasteiger partial charge in [-0.2, -0.15) is 0 Å². The van der Waals surface area contributed by atoms with Crippen molar-refractivity contribution in [1.82, 2.24) is 0 Å². The Morgan fingerprint density at radius 1 is 1.28 bits per heavy atom. The van der Waals surface area contributed by atoms with E-state index < -0.39 is 35.5 Å². The van der Waals surface area contributed by atoms with Crippen LogP contribution in [0, 0.1) is 28.6 Å². The van der Waals surface area contributed by atoms with Gasteiger partial charge in [-0.05, 0) is 56.1 Å². The van der Waals surface area contributed by atoms with Gasteiger partial charge in [0.05, 0.1) is 6.10 Å². The molecule has 0 bridgehead atoms. The van der Waals surface area contributed by atoms with Crippen LogP contribution >= 0.6 is 0 Å². The molecule has 2 N–H and O–H groups in total. The van der Waals surface area contributed by atoms with Crippen LogP contribution in [0.3, 0.4) is 0 Å². The minimum absolute atomic E-state index is 0.00243. The van der Waals surface area contributed by atoms with Gasteiger partial charge >= 0.3 is 5.97 Å². The van der Waals surface area contributed by atoms with Crippen LogP contribution in [0.1, 0.15) is 52.9 Å². The Labute approximate surface area is 171 Å². The minimum atomic E-state index is -1.60. The molecule has 0 amide bonds. The second-order valence-electron chi connectivity index (χ2n) is 9.81. The van der Waals surface area contributed by atoms with Crippen LogP contribution in [0.5, 0.6) is 0 Å². The van der Waals surface area contributed by atoms with E-state index in [9.17, 15) is 24.6 Å². The molecular formula is C23H30O6. The van der Waals surface area contributed by atoms with Crippen molar-refractivity contribution in [2.24, 2.45) is 28.6 Å². The summed E-state index contributed by atoms with van der Waals surface area (Å²) in [6.45, 7) is 4.80. The topological polar surface area (TPSA) is 101 Å². The highest BCUT2D eigenvalue weighted by Crippen LogP contribution is 2.67. The molecule has 7 atom stereocenters. The average Bonchev–Trinajstić information content (AvgIpc) is 2.91. The molecule has 0 aromatic carbocycles. The maximum absolute atomic E-state index is 12.9. The number of ketones is 2. The fourth-order valence-corrected chi connectivity index (χ4v) is 7.08. The lowest BCUT2D eigenvalue weighted by molar-refractivity contribution is -0.181. The highest BCUT2D eigenvalue weighted by Gasteiger charge is 2.68. The molecule has 3 unspecified atom stereocenters. The predicted octanol–water partition coefficient (Wildman–Crippen LogP) is 2.13. The van der Waals surface area contributed by atoms with E-state index in [2.05, 4.69) is 6.92 Å². The zero-order valence-corrected chi connectivity index (χ0v) is 17.3. The number of hydrogen-bond acceptors (Lipinski definition) is 6. The zero-order valence-electron chi connectivity index (χ0n) is 17.3. The van der Waals surface area contributed by atoms with Gasteiger partial charge in [-0.15, -0.1) is 0 Å². The first kappa shape index (κ1) is 20.5. The number of fused-ring (bicyclic) bond motifs is 5. The average molecular weight is 402 g/mol. The molecule has 6 heteroatoms. The quantitative estimate of drug-likeness (QED) is 0.702. The first-order valence-electron chi connectivity index (χ1n) is 10.5. The van der Waals surface area contributed by atoms with Crippen molar-refractivity contribution >= 4 is 17.5 Å². The second-order valence-corrected chi connectivity index (χ2v) is 9.81. The number of carbonyl (C=O) groups excluding carboxylic acids is 3. The molecule has 4 aliphatic carbocycles. The van der Waals surface area contributed by atoms with E-state index in [-0.39, 0.29) is 29.0 Å². The van der Waals surface area contributed by atoms with E-state index >= 15 is 0 Å². The van der Waals surface area contributed by atoms with E-state index in [0.29, 0.717) is 19.3 Å². The van der Waals surface area contributed by atoms with E-state index in [1.165, 1.54) is 6.92 Å². The van der Waals surface area contributed by atoms with Gasteiger partial charge in [0.15, 0.2) is 12.4 Å². The summed E-state index contributed by atoms with van der Waals surface area (Å²) >= 11 is 0. The molecule has 4 aliphatic rings. The largest absolute Gasteiger partial charge is 0.458 e. The Hall–Kier alpha value is -1.79. The summed E-state index contributed by atoms with van der Waals surface area (Å²) in [6, 6.07) is 0. The van der Waals surface area contributed by atoms with Crippen molar-refractivity contribution in [3.05, 3.63) is 23.8 Å². The summed E-state index contributed by atoms with van der Waals surface area (Å²) in [5.41, 5.74) is -1.67. The van der Waals surface area contributed by atoms with Gasteiger partial charge in [-0.3, -0.25) is 14.4 Å². The lowest BCUT2D eigenvalue weighted by Crippen LogP contribution is -2.61. The number of aliphatic hydroxyl groups is 2. The molecule has 0 heterocycles. The third-order valence-electron chi connectivity index (χ3n) is 8.52. The predicted molar refractivity (Wildman–Crippen MR) is 105 cm³/mol. The normalized spacial score (nSPS) is 45.7. The molecule has 3 fully saturated rings. The number of esters is 1. The maximum Gasteiger partial charge on any atom is 0.303 e. The van der Waals surface area contributed by atoms with E-state index in [1.807, 2.05) is 13.0 Å². The first-order valence-corrected chi connectivity index (χ1v) is 10.5. The van der Waals surface area contributed by atoms with Crippen molar-refractivity contribution in [3.63, 3.8) is 0 Å². The Balaban J connectivity index is 1.66. The fraction of sp³-hybridized carbons (Fsp3) is 0.696. The minimum Gasteiger partial charge on any atom is -0.458 e. The molecule has 6 nitrogen and oxygen atoms in total. The molecule has 158 valence electrons. The van der Waals surface area contributed by atoms with Gasteiger partial charge in [-0.1, -0.05) is 25.5 Å². The number of Topliss-reactive ketones (excluding diaryl/α,β-unsaturated/α-hetero) is 1. The SMILES string of the molecule is CC(=O)OCC(=O)[C@@]1(O)CCC2C3CCC4=CC(=O)C=C[C@]4(C)C3[C@@H](O)C[C@@]21C. The van der Waals surface area contributed by atoms with Crippen LogP contribution < -0.4 is 0 Å². The number of aliphatic hydroxyl groups excluding tert-OH is 1. The summed E-state index contributed by atoms with van der Waals surface area (Å²) in [7, 11) is 0. The third-order valence-corrected chi connectivity index (χ3v) is 8.52. The van der Waals surface area contributed by atoms with Crippen LogP contribution in [-0.4, -0.2) is 46.1 Å². The van der Waals surface area contributed by atoms with Crippen LogP contribution in [-0.2, 0) is 19.1 Å². The molecule has 0 saturated heterocycles. The van der Waals surface area contributed by atoms with Crippen molar-refractivity contribution < 1.29 is 29.3 Å². The lowest BCUT2D eigenvalue weighted by atomic mass is 9.46. The van der Waals surface area contributed by atoms with Gasteiger partial charge in [-0.25, -0.2) is 0 Å². The van der Waals surface area contributed by atoms with Crippen molar-refractivity contribution in [1.29, 1.82) is 0 Å². The van der Waals surface area contributed by atoms with E-state index in [4.69, 9.17) is 4.74 Å². The summed E-state index contributed by atoms with van der Waals surface area (Å²) < 4.78 is 4.88. The Kier molecular flexibility index (Phi) is 4.67. The fourth-order valence-electron chi connectivity index (χ4n) is 7.08. The Morgan fingerprint density at radius 3 is 2.69 bits per heavy atom. The molecule has 0 radical (unpaired) electrons. The van der Waals surface area contributed by atoms with Gasteiger partial charge in [0, 0.05) is 23.7 Å². The molecule has 3 saturated carbocycles. The monoisotopic (exact) mass is 402 g/mol. The molecule has 0 spiro atoms. The van der Waals surface area contributed by atoms with Crippen LogP contribution in [0.2, 0.25) is 0 Å². The summed E-state index contributed by atoms with van der Waals surface area (Å²) in [4.78, 5) is 35.9. The standard InChI is InChI=1S/C23H30O6/c1-13(24)29-12-19(27)23(28)9-7-17-16-5-4-14-10-15(25)6-8-21(14,2)20(16)18(26)11-22(17,23)3/h6,8,10,16-18,20,26,28H,4-5,7,9,11-12H2,1-3H3/t16?,17?,18-,20?,21-,22-,23-/m0/s1. The summed E-state index contributed by atoms with van der Waals surface area (Å²) in [5, 5.41) is 22.7. The first-order chi connectivity index (χ1) is 13.5. The number of allylic oxidation sites excluding steroid dienone is 4. The molecule has 0 aromatic heterocycles. The van der Waals surface area contributed by atoms with Crippen LogP contribution in [0.4, 0.5) is 0 Å². The van der Waals surface area contributed by atoms with Gasteiger partial charge in [0.1, 0.15) is 5.60 Å². The maximum atomic E-state index is 12.9.